The molecule has 10 heavy (non-hydrogen) atoms. The number of aliphatic hydroxyl groups excluding tert-OH is 1. The van der Waals surface area contributed by atoms with Crippen LogP contribution in [0.3, 0.4) is 0 Å². The molecule has 1 atom stereocenters. The molecule has 0 saturated carbocycles. The van der Waals surface area contributed by atoms with Crippen molar-refractivity contribution in [1.82, 2.24) is 0 Å². The Morgan fingerprint density at radius 1 is 1.40 bits per heavy atom. The smallest absolute Gasteiger partial charge is 0.154 e. The van der Waals surface area contributed by atoms with Crippen molar-refractivity contribution in [2.24, 2.45) is 0 Å². The topological polar surface area (TPSA) is 38.7 Å². The minimum Gasteiger partial charge on any atom is -0.382 e. The van der Waals surface area contributed by atoms with Gasteiger partial charge in [-0.05, 0) is 6.42 Å². The van der Waals surface area contributed by atoms with Crippen LogP contribution in [0.5, 0.6) is 0 Å². The molecule has 0 aromatic carbocycles. The van der Waals surface area contributed by atoms with E-state index >= 15 is 0 Å². The van der Waals surface area contributed by atoms with Crippen LogP contribution >= 0.6 is 0 Å². The van der Waals surface area contributed by atoms with Crippen LogP contribution in [-0.4, -0.2) is 31.7 Å². The van der Waals surface area contributed by atoms with E-state index < -0.39 is 6.29 Å². The minimum atomic E-state index is -0.611. The molecule has 0 heterocycles. The first-order valence-electron chi connectivity index (χ1n) is 3.59. The highest BCUT2D eigenvalue weighted by atomic mass is 16.6. The Labute approximate surface area is 62.0 Å². The number of hydrogen-bond acceptors (Lipinski definition) is 3. The lowest BCUT2D eigenvalue weighted by Crippen LogP contribution is -2.14. The molecule has 1 N–H and O–H groups in total. The quantitative estimate of drug-likeness (QED) is 0.446. The second-order valence-electron chi connectivity index (χ2n) is 2.11. The summed E-state index contributed by atoms with van der Waals surface area (Å²) in [5.41, 5.74) is 0. The van der Waals surface area contributed by atoms with Crippen molar-refractivity contribution in [3.8, 4) is 0 Å². The summed E-state index contributed by atoms with van der Waals surface area (Å²) in [5, 5.41) is 9.00. The summed E-state index contributed by atoms with van der Waals surface area (Å²) in [6.45, 7) is 3.02. The molecule has 0 aromatic rings. The van der Waals surface area contributed by atoms with Gasteiger partial charge in [0, 0.05) is 7.11 Å². The van der Waals surface area contributed by atoms with Gasteiger partial charge in [0.1, 0.15) is 0 Å². The van der Waals surface area contributed by atoms with E-state index in [0.29, 0.717) is 19.6 Å². The van der Waals surface area contributed by atoms with Crippen LogP contribution in [0.4, 0.5) is 0 Å². The molecule has 3 heteroatoms. The zero-order valence-corrected chi connectivity index (χ0v) is 6.67. The molecule has 3 nitrogen and oxygen atoms in total. The number of methoxy groups -OCH3 is 1. The predicted octanol–water partition coefficient (Wildman–Crippen LogP) is 0.768. The summed E-state index contributed by atoms with van der Waals surface area (Å²) in [6, 6.07) is 0. The molecule has 0 rings (SSSR count). The van der Waals surface area contributed by atoms with Crippen molar-refractivity contribution in [2.45, 2.75) is 26.1 Å². The average Bonchev–Trinajstić information content (AvgIpc) is 1.89. The van der Waals surface area contributed by atoms with E-state index in [1.807, 2.05) is 6.92 Å². The van der Waals surface area contributed by atoms with E-state index in [0.717, 1.165) is 6.42 Å². The molecule has 0 fully saturated rings. The first-order valence-corrected chi connectivity index (χ1v) is 3.59. The van der Waals surface area contributed by atoms with Crippen LogP contribution in [-0.2, 0) is 9.47 Å². The van der Waals surface area contributed by atoms with Gasteiger partial charge in [-0.25, -0.2) is 0 Å². The molecule has 1 unspecified atom stereocenters. The van der Waals surface area contributed by atoms with Crippen molar-refractivity contribution in [1.29, 1.82) is 0 Å². The maximum absolute atomic E-state index is 9.00. The fraction of sp³-hybridized carbons (Fsp3) is 1.00. The van der Waals surface area contributed by atoms with E-state index in [9.17, 15) is 0 Å². The standard InChI is InChI=1S/C7H16O3/c1-3-4-7(8)10-6-5-9-2/h7-8H,3-6H2,1-2H3. The van der Waals surface area contributed by atoms with Crippen molar-refractivity contribution >= 4 is 0 Å². The molecule has 0 amide bonds. The second kappa shape index (κ2) is 6.99. The third-order valence-corrected chi connectivity index (χ3v) is 1.13. The average molecular weight is 148 g/mol. The molecule has 0 bridgehead atoms. The Bertz CT molecular complexity index is 65.9. The van der Waals surface area contributed by atoms with Crippen molar-refractivity contribution in [3.05, 3.63) is 0 Å². The molecular formula is C7H16O3. The molecule has 62 valence electrons. The third-order valence-electron chi connectivity index (χ3n) is 1.13. The van der Waals surface area contributed by atoms with Crippen molar-refractivity contribution < 1.29 is 14.6 Å². The van der Waals surface area contributed by atoms with Crippen LogP contribution in [0.2, 0.25) is 0 Å². The fourth-order valence-corrected chi connectivity index (χ4v) is 0.598. The zero-order valence-electron chi connectivity index (χ0n) is 6.67. The lowest BCUT2D eigenvalue weighted by Gasteiger charge is -2.09. The lowest BCUT2D eigenvalue weighted by atomic mass is 10.3. The molecule has 0 aliphatic carbocycles. The van der Waals surface area contributed by atoms with Gasteiger partial charge in [0.25, 0.3) is 0 Å². The third kappa shape index (κ3) is 6.01. The normalized spacial score (nSPS) is 13.5. The highest BCUT2D eigenvalue weighted by Crippen LogP contribution is 1.96. The molecule has 0 aromatic heterocycles. The summed E-state index contributed by atoms with van der Waals surface area (Å²) >= 11 is 0. The van der Waals surface area contributed by atoms with E-state index in [4.69, 9.17) is 14.6 Å². The van der Waals surface area contributed by atoms with Gasteiger partial charge in [-0.1, -0.05) is 13.3 Å². The summed E-state index contributed by atoms with van der Waals surface area (Å²) < 4.78 is 9.69. The summed E-state index contributed by atoms with van der Waals surface area (Å²) in [4.78, 5) is 0. The van der Waals surface area contributed by atoms with Crippen LogP contribution in [0, 0.1) is 0 Å². The monoisotopic (exact) mass is 148 g/mol. The highest BCUT2D eigenvalue weighted by molar-refractivity contribution is 4.38. The molecule has 0 radical (unpaired) electrons. The largest absolute Gasteiger partial charge is 0.382 e. The Balaban J connectivity index is 2.97. The molecule has 0 saturated heterocycles. The van der Waals surface area contributed by atoms with Crippen LogP contribution in [0.15, 0.2) is 0 Å². The zero-order chi connectivity index (χ0) is 7.82. The molecular weight excluding hydrogens is 132 g/mol. The Morgan fingerprint density at radius 3 is 2.60 bits per heavy atom. The van der Waals surface area contributed by atoms with E-state index in [1.54, 1.807) is 7.11 Å². The van der Waals surface area contributed by atoms with Gasteiger partial charge in [-0.2, -0.15) is 0 Å². The van der Waals surface area contributed by atoms with Crippen molar-refractivity contribution in [3.63, 3.8) is 0 Å². The summed E-state index contributed by atoms with van der Waals surface area (Å²) in [5.74, 6) is 0. The van der Waals surface area contributed by atoms with E-state index in [-0.39, 0.29) is 0 Å². The minimum absolute atomic E-state index is 0.470. The first-order chi connectivity index (χ1) is 4.81. The van der Waals surface area contributed by atoms with Gasteiger partial charge in [0.05, 0.1) is 13.2 Å². The highest BCUT2D eigenvalue weighted by Gasteiger charge is 1.99. The van der Waals surface area contributed by atoms with E-state index in [1.165, 1.54) is 0 Å². The van der Waals surface area contributed by atoms with Crippen LogP contribution in [0.25, 0.3) is 0 Å². The maximum Gasteiger partial charge on any atom is 0.154 e. The SMILES string of the molecule is CCCC(O)OCCOC. The number of aliphatic hydroxyl groups is 1. The van der Waals surface area contributed by atoms with Gasteiger partial charge < -0.3 is 14.6 Å². The van der Waals surface area contributed by atoms with Crippen LogP contribution < -0.4 is 0 Å². The van der Waals surface area contributed by atoms with E-state index in [2.05, 4.69) is 0 Å². The predicted molar refractivity (Wildman–Crippen MR) is 38.7 cm³/mol. The fourth-order valence-electron chi connectivity index (χ4n) is 0.598. The Kier molecular flexibility index (Phi) is 6.91. The molecule has 0 aliphatic heterocycles. The molecule has 0 spiro atoms. The maximum atomic E-state index is 9.00. The van der Waals surface area contributed by atoms with Gasteiger partial charge in [0.2, 0.25) is 0 Å². The lowest BCUT2D eigenvalue weighted by molar-refractivity contribution is -0.113. The molecule has 0 aliphatic rings. The number of hydrogen-bond donors (Lipinski definition) is 1. The summed E-state index contributed by atoms with van der Waals surface area (Å²) in [6.07, 6.45) is 1.03. The summed E-state index contributed by atoms with van der Waals surface area (Å²) in [7, 11) is 1.61. The van der Waals surface area contributed by atoms with Gasteiger partial charge in [-0.3, -0.25) is 0 Å². The van der Waals surface area contributed by atoms with Crippen LogP contribution in [0.1, 0.15) is 19.8 Å². The number of ether oxygens (including phenoxy) is 2. The first kappa shape index (κ1) is 9.88. The van der Waals surface area contributed by atoms with Gasteiger partial charge in [0.15, 0.2) is 6.29 Å². The second-order valence-corrected chi connectivity index (χ2v) is 2.11. The van der Waals surface area contributed by atoms with Crippen molar-refractivity contribution in [2.75, 3.05) is 20.3 Å². The van der Waals surface area contributed by atoms with Gasteiger partial charge >= 0.3 is 0 Å². The Hall–Kier alpha value is -0.120. The Morgan fingerprint density at radius 2 is 2.10 bits per heavy atom. The number of rotatable bonds is 6. The van der Waals surface area contributed by atoms with Gasteiger partial charge in [-0.15, -0.1) is 0 Å².